The minimum atomic E-state index is -1.04. The van der Waals surface area contributed by atoms with E-state index in [9.17, 15) is 14.7 Å². The van der Waals surface area contributed by atoms with Crippen molar-refractivity contribution in [3.63, 3.8) is 0 Å². The van der Waals surface area contributed by atoms with Crippen molar-refractivity contribution in [2.24, 2.45) is 0 Å². The molecule has 25 heavy (non-hydrogen) atoms. The molecule has 1 aromatic carbocycles. The number of nitrogens with zero attached hydrogens (tertiary/aromatic N) is 1. The number of ether oxygens (including phenoxy) is 3. The van der Waals surface area contributed by atoms with Gasteiger partial charge in [-0.3, -0.25) is 4.90 Å². The van der Waals surface area contributed by atoms with Crippen LogP contribution in [0.2, 0.25) is 0 Å². The van der Waals surface area contributed by atoms with Gasteiger partial charge >= 0.3 is 12.2 Å². The van der Waals surface area contributed by atoms with Crippen LogP contribution in [0.1, 0.15) is 20.8 Å². The molecule has 0 unspecified atom stereocenters. The van der Waals surface area contributed by atoms with E-state index in [4.69, 9.17) is 14.2 Å². The normalized spacial score (nSPS) is 18.5. The Morgan fingerprint density at radius 1 is 1.40 bits per heavy atom. The average molecular weight is 352 g/mol. The SMILES string of the molecule is COc1ccc(N2C[C@H]([C@H](O)CNC(=O)OC(C)(C)C)OC2=O)cc1. The van der Waals surface area contributed by atoms with Crippen LogP contribution in [0.25, 0.3) is 0 Å². The Morgan fingerprint density at radius 2 is 2.04 bits per heavy atom. The van der Waals surface area contributed by atoms with E-state index in [1.165, 1.54) is 4.90 Å². The summed E-state index contributed by atoms with van der Waals surface area (Å²) in [7, 11) is 1.56. The zero-order valence-electron chi connectivity index (χ0n) is 14.8. The van der Waals surface area contributed by atoms with E-state index in [2.05, 4.69) is 5.32 Å². The van der Waals surface area contributed by atoms with Crippen molar-refractivity contribution >= 4 is 17.9 Å². The third kappa shape index (κ3) is 5.25. The van der Waals surface area contributed by atoms with Crippen molar-refractivity contribution in [1.29, 1.82) is 0 Å². The molecule has 1 heterocycles. The number of carbonyl (C=O) groups excluding carboxylic acids is 2. The van der Waals surface area contributed by atoms with Crippen LogP contribution in [-0.4, -0.2) is 55.3 Å². The zero-order valence-corrected chi connectivity index (χ0v) is 14.8. The monoisotopic (exact) mass is 352 g/mol. The van der Waals surface area contributed by atoms with Crippen LogP contribution in [0.3, 0.4) is 0 Å². The number of alkyl carbamates (subject to hydrolysis) is 1. The van der Waals surface area contributed by atoms with Crippen molar-refractivity contribution in [1.82, 2.24) is 5.32 Å². The van der Waals surface area contributed by atoms with E-state index in [1.54, 1.807) is 52.1 Å². The van der Waals surface area contributed by atoms with Crippen LogP contribution in [0, 0.1) is 0 Å². The first-order chi connectivity index (χ1) is 11.7. The van der Waals surface area contributed by atoms with E-state index in [0.717, 1.165) is 0 Å². The number of amides is 2. The molecular formula is C17H24N2O6. The summed E-state index contributed by atoms with van der Waals surface area (Å²) >= 11 is 0. The van der Waals surface area contributed by atoms with Crippen molar-refractivity contribution in [2.45, 2.75) is 38.6 Å². The second-order valence-electron chi connectivity index (χ2n) is 6.68. The number of anilines is 1. The lowest BCUT2D eigenvalue weighted by Crippen LogP contribution is -2.42. The van der Waals surface area contributed by atoms with Crippen LogP contribution in [-0.2, 0) is 9.47 Å². The standard InChI is InChI=1S/C17H24N2O6/c1-17(2,3)25-15(21)18-9-13(20)14-10-19(16(22)24-14)11-5-7-12(23-4)8-6-11/h5-8,13-14,20H,9-10H2,1-4H3,(H,18,21)/t13-,14-/m1/s1. The number of aliphatic hydroxyl groups excluding tert-OH is 1. The van der Waals surface area contributed by atoms with Gasteiger partial charge in [-0.2, -0.15) is 0 Å². The first kappa shape index (κ1) is 18.9. The average Bonchev–Trinajstić information content (AvgIpc) is 2.93. The van der Waals surface area contributed by atoms with Crippen molar-refractivity contribution in [3.05, 3.63) is 24.3 Å². The van der Waals surface area contributed by atoms with Crippen LogP contribution >= 0.6 is 0 Å². The molecule has 0 spiro atoms. The number of hydrogen-bond acceptors (Lipinski definition) is 6. The zero-order chi connectivity index (χ0) is 18.6. The molecule has 1 aliphatic rings. The van der Waals surface area contributed by atoms with Crippen molar-refractivity contribution < 1.29 is 28.9 Å². The summed E-state index contributed by atoms with van der Waals surface area (Å²) in [6, 6.07) is 6.93. The number of aliphatic hydroxyl groups is 1. The summed E-state index contributed by atoms with van der Waals surface area (Å²) in [6.45, 7) is 5.34. The Morgan fingerprint density at radius 3 is 2.60 bits per heavy atom. The van der Waals surface area contributed by atoms with Crippen molar-refractivity contribution in [2.75, 3.05) is 25.1 Å². The molecule has 8 heteroatoms. The fourth-order valence-corrected chi connectivity index (χ4v) is 2.29. The molecule has 1 aromatic rings. The summed E-state index contributed by atoms with van der Waals surface area (Å²) in [5.41, 5.74) is 0.0145. The van der Waals surface area contributed by atoms with Gasteiger partial charge in [0.2, 0.25) is 0 Å². The molecule has 0 bridgehead atoms. The van der Waals surface area contributed by atoms with E-state index in [1.807, 2.05) is 0 Å². The van der Waals surface area contributed by atoms with Gasteiger partial charge in [0.15, 0.2) is 0 Å². The number of nitrogens with one attached hydrogen (secondary N) is 1. The molecule has 1 fully saturated rings. The first-order valence-corrected chi connectivity index (χ1v) is 7.97. The second-order valence-corrected chi connectivity index (χ2v) is 6.68. The fraction of sp³-hybridized carbons (Fsp3) is 0.529. The first-order valence-electron chi connectivity index (χ1n) is 7.97. The van der Waals surface area contributed by atoms with Crippen LogP contribution in [0.4, 0.5) is 15.3 Å². The number of benzene rings is 1. The Hall–Kier alpha value is -2.48. The quantitative estimate of drug-likeness (QED) is 0.840. The van der Waals surface area contributed by atoms with E-state index < -0.39 is 30.0 Å². The Kier molecular flexibility index (Phi) is 5.73. The van der Waals surface area contributed by atoms with Gasteiger partial charge in [-0.15, -0.1) is 0 Å². The summed E-state index contributed by atoms with van der Waals surface area (Å²) < 4.78 is 15.4. The third-order valence-electron chi connectivity index (χ3n) is 3.50. The van der Waals surface area contributed by atoms with Crippen molar-refractivity contribution in [3.8, 4) is 5.75 Å². The predicted octanol–water partition coefficient (Wildman–Crippen LogP) is 1.91. The maximum absolute atomic E-state index is 12.0. The van der Waals surface area contributed by atoms with Gasteiger partial charge in [0.1, 0.15) is 23.6 Å². The molecule has 2 rings (SSSR count). The molecular weight excluding hydrogens is 328 g/mol. The van der Waals surface area contributed by atoms with Gasteiger partial charge in [0.25, 0.3) is 0 Å². The number of hydrogen-bond donors (Lipinski definition) is 2. The number of methoxy groups -OCH3 is 1. The lowest BCUT2D eigenvalue weighted by molar-refractivity contribution is 0.0243. The molecule has 138 valence electrons. The maximum atomic E-state index is 12.0. The predicted molar refractivity (Wildman–Crippen MR) is 90.9 cm³/mol. The minimum absolute atomic E-state index is 0.0800. The molecule has 8 nitrogen and oxygen atoms in total. The van der Waals surface area contributed by atoms with E-state index in [-0.39, 0.29) is 13.1 Å². The largest absolute Gasteiger partial charge is 0.497 e. The Balaban J connectivity index is 1.89. The highest BCUT2D eigenvalue weighted by Crippen LogP contribution is 2.25. The molecule has 0 aromatic heterocycles. The number of carbonyl (C=O) groups is 2. The van der Waals surface area contributed by atoms with E-state index >= 15 is 0 Å². The highest BCUT2D eigenvalue weighted by molar-refractivity contribution is 5.89. The lowest BCUT2D eigenvalue weighted by atomic mass is 10.2. The second kappa shape index (κ2) is 7.60. The Bertz CT molecular complexity index is 611. The molecule has 2 amide bonds. The van der Waals surface area contributed by atoms with Gasteiger partial charge in [-0.25, -0.2) is 9.59 Å². The molecule has 0 aliphatic carbocycles. The molecule has 1 aliphatic heterocycles. The van der Waals surface area contributed by atoms with Gasteiger partial charge in [-0.05, 0) is 45.0 Å². The van der Waals surface area contributed by atoms with Gasteiger partial charge in [0.05, 0.1) is 20.2 Å². The molecule has 1 saturated heterocycles. The maximum Gasteiger partial charge on any atom is 0.414 e. The smallest absolute Gasteiger partial charge is 0.414 e. The fourth-order valence-electron chi connectivity index (χ4n) is 2.29. The van der Waals surface area contributed by atoms with Gasteiger partial charge in [-0.1, -0.05) is 0 Å². The third-order valence-corrected chi connectivity index (χ3v) is 3.50. The van der Waals surface area contributed by atoms with E-state index in [0.29, 0.717) is 11.4 Å². The summed E-state index contributed by atoms with van der Waals surface area (Å²) in [6.07, 6.45) is -2.97. The lowest BCUT2D eigenvalue weighted by Gasteiger charge is -2.21. The van der Waals surface area contributed by atoms with Gasteiger partial charge < -0.3 is 24.6 Å². The van der Waals surface area contributed by atoms with Crippen LogP contribution in [0.5, 0.6) is 5.75 Å². The molecule has 0 radical (unpaired) electrons. The highest BCUT2D eigenvalue weighted by Gasteiger charge is 2.37. The topological polar surface area (TPSA) is 97.3 Å². The number of cyclic esters (lactones) is 1. The summed E-state index contributed by atoms with van der Waals surface area (Å²) in [5.74, 6) is 0.675. The van der Waals surface area contributed by atoms with Crippen LogP contribution in [0.15, 0.2) is 24.3 Å². The summed E-state index contributed by atoms with van der Waals surface area (Å²) in [4.78, 5) is 25.1. The number of rotatable bonds is 5. The molecule has 2 atom stereocenters. The van der Waals surface area contributed by atoms with Gasteiger partial charge in [0, 0.05) is 5.69 Å². The summed E-state index contributed by atoms with van der Waals surface area (Å²) in [5, 5.41) is 12.6. The molecule has 2 N–H and O–H groups in total. The molecule has 0 saturated carbocycles. The Labute approximate surface area is 146 Å². The minimum Gasteiger partial charge on any atom is -0.497 e. The van der Waals surface area contributed by atoms with Crippen LogP contribution < -0.4 is 15.0 Å². The highest BCUT2D eigenvalue weighted by atomic mass is 16.6.